The third-order valence-corrected chi connectivity index (χ3v) is 3.65. The van der Waals surface area contributed by atoms with Crippen LogP contribution in [-0.4, -0.2) is 48.8 Å². The van der Waals surface area contributed by atoms with Crippen LogP contribution in [0.4, 0.5) is 0 Å². The van der Waals surface area contributed by atoms with Gasteiger partial charge in [0, 0.05) is 6.42 Å². The zero-order chi connectivity index (χ0) is 14.9. The van der Waals surface area contributed by atoms with E-state index in [-0.39, 0.29) is 37.7 Å². The number of rotatable bonds is 15. The van der Waals surface area contributed by atoms with Gasteiger partial charge in [0.2, 0.25) is 0 Å². The van der Waals surface area contributed by atoms with Crippen LogP contribution in [0.5, 0.6) is 0 Å². The fourth-order valence-corrected chi connectivity index (χ4v) is 2.33. The summed E-state index contributed by atoms with van der Waals surface area (Å²) in [4.78, 5) is 10.3. The Morgan fingerprint density at radius 2 is 1.19 bits per heavy atom. The van der Waals surface area contributed by atoms with E-state index in [0.717, 1.165) is 12.8 Å². The molecule has 0 radical (unpaired) electrons. The summed E-state index contributed by atoms with van der Waals surface area (Å²) < 4.78 is 0. The molecule has 3 heteroatoms. The van der Waals surface area contributed by atoms with Crippen molar-refractivity contribution in [1.82, 2.24) is 0 Å². The van der Waals surface area contributed by atoms with Crippen LogP contribution in [0.2, 0.25) is 0 Å². The predicted molar refractivity (Wildman–Crippen MR) is 95.6 cm³/mol. The molecule has 0 unspecified atom stereocenters. The SMILES string of the molecule is CCCC/C=C\CCCCCCCCCCCC(=O)O.[CaH2]. The van der Waals surface area contributed by atoms with E-state index in [1.807, 2.05) is 0 Å². The second-order valence-electron chi connectivity index (χ2n) is 5.73. The zero-order valence-corrected chi connectivity index (χ0v) is 13.4. The Hall–Kier alpha value is 0.470. The van der Waals surface area contributed by atoms with Crippen LogP contribution in [0.1, 0.15) is 96.8 Å². The summed E-state index contributed by atoms with van der Waals surface area (Å²) in [5.41, 5.74) is 0. The molecule has 0 atom stereocenters. The summed E-state index contributed by atoms with van der Waals surface area (Å²) >= 11 is 0. The van der Waals surface area contributed by atoms with E-state index in [1.54, 1.807) is 0 Å². The molecule has 0 spiro atoms. The Morgan fingerprint density at radius 3 is 1.67 bits per heavy atom. The van der Waals surface area contributed by atoms with Gasteiger partial charge in [-0.1, -0.05) is 76.9 Å². The van der Waals surface area contributed by atoms with Crippen LogP contribution in [0.25, 0.3) is 0 Å². The molecule has 1 N–H and O–H groups in total. The summed E-state index contributed by atoms with van der Waals surface area (Å²) in [5, 5.41) is 8.51. The average molecular weight is 325 g/mol. The molecule has 122 valence electrons. The number of aliphatic carboxylic acids is 1. The summed E-state index contributed by atoms with van der Waals surface area (Å²) in [6, 6.07) is 0. The van der Waals surface area contributed by atoms with E-state index in [1.165, 1.54) is 70.6 Å². The molecule has 0 aromatic carbocycles. The second-order valence-corrected chi connectivity index (χ2v) is 5.73. The first-order chi connectivity index (χ1) is 9.77. The minimum atomic E-state index is -0.659. The second kappa shape index (κ2) is 20.5. The fraction of sp³-hybridized carbons (Fsp3) is 0.833. The van der Waals surface area contributed by atoms with Gasteiger partial charge >= 0.3 is 43.7 Å². The van der Waals surface area contributed by atoms with Crippen molar-refractivity contribution in [3.8, 4) is 0 Å². The average Bonchev–Trinajstić information content (AvgIpc) is 2.43. The minimum absolute atomic E-state index is 0. The number of carbonyl (C=O) groups is 1. The Morgan fingerprint density at radius 1 is 0.762 bits per heavy atom. The molecule has 0 fully saturated rings. The van der Waals surface area contributed by atoms with Gasteiger partial charge in [-0.3, -0.25) is 4.79 Å². The number of carboxylic acid groups (broad SMARTS) is 1. The third-order valence-electron chi connectivity index (χ3n) is 3.65. The van der Waals surface area contributed by atoms with Crippen LogP contribution < -0.4 is 0 Å². The molecule has 0 heterocycles. The molecule has 0 saturated heterocycles. The number of carboxylic acids is 1. The Kier molecular flexibility index (Phi) is 23.1. The maximum absolute atomic E-state index is 10.3. The normalized spacial score (nSPS) is 10.7. The summed E-state index contributed by atoms with van der Waals surface area (Å²) in [6.45, 7) is 2.24. The first kappa shape index (κ1) is 23.7. The molecule has 2 nitrogen and oxygen atoms in total. The van der Waals surface area contributed by atoms with Crippen molar-refractivity contribution >= 4 is 43.7 Å². The van der Waals surface area contributed by atoms with Crippen molar-refractivity contribution in [2.75, 3.05) is 0 Å². The summed E-state index contributed by atoms with van der Waals surface area (Å²) in [7, 11) is 0. The van der Waals surface area contributed by atoms with Crippen molar-refractivity contribution in [3.63, 3.8) is 0 Å². The van der Waals surface area contributed by atoms with Gasteiger partial charge in [0.25, 0.3) is 0 Å². The molecule has 0 aliphatic heterocycles. The van der Waals surface area contributed by atoms with Gasteiger partial charge in [-0.25, -0.2) is 0 Å². The van der Waals surface area contributed by atoms with E-state index in [2.05, 4.69) is 19.1 Å². The first-order valence-electron chi connectivity index (χ1n) is 8.64. The number of hydrogen-bond donors (Lipinski definition) is 1. The van der Waals surface area contributed by atoms with Crippen LogP contribution >= 0.6 is 0 Å². The molecular weight excluding hydrogens is 288 g/mol. The zero-order valence-electron chi connectivity index (χ0n) is 13.4. The quantitative estimate of drug-likeness (QED) is 0.256. The van der Waals surface area contributed by atoms with Gasteiger partial charge in [-0.2, -0.15) is 0 Å². The Balaban J connectivity index is 0. The van der Waals surface area contributed by atoms with E-state index >= 15 is 0 Å². The molecule has 0 aromatic rings. The molecule has 0 bridgehead atoms. The molecule has 0 aliphatic carbocycles. The van der Waals surface area contributed by atoms with Crippen molar-refractivity contribution in [3.05, 3.63) is 12.2 Å². The molecule has 0 aromatic heterocycles. The van der Waals surface area contributed by atoms with E-state index in [9.17, 15) is 4.79 Å². The predicted octanol–water partition coefficient (Wildman–Crippen LogP) is 5.19. The van der Waals surface area contributed by atoms with E-state index in [4.69, 9.17) is 5.11 Å². The van der Waals surface area contributed by atoms with Gasteiger partial charge in [-0.15, -0.1) is 0 Å². The van der Waals surface area contributed by atoms with Crippen molar-refractivity contribution in [2.45, 2.75) is 96.8 Å². The van der Waals surface area contributed by atoms with Gasteiger partial charge in [0.1, 0.15) is 0 Å². The standard InChI is InChI=1S/C18H34O2.Ca.2H/c1-2-3-4-5-6-7-8-9-10-11-12-13-14-15-16-17-18(19)20;;;/h5-6H,2-4,7-17H2,1H3,(H,19,20);;;/b6-5-;;;. The number of unbranched alkanes of at least 4 members (excludes halogenated alkanes) is 11. The third kappa shape index (κ3) is 22.9. The molecular formula is C18H36CaO2. The maximum atomic E-state index is 10.3. The van der Waals surface area contributed by atoms with Crippen LogP contribution in [0, 0.1) is 0 Å². The monoisotopic (exact) mass is 324 g/mol. The Labute approximate surface area is 161 Å². The molecule has 0 rings (SSSR count). The summed E-state index contributed by atoms with van der Waals surface area (Å²) in [5.74, 6) is -0.659. The molecule has 0 aliphatic rings. The van der Waals surface area contributed by atoms with Crippen LogP contribution in [0.3, 0.4) is 0 Å². The molecule has 0 saturated carbocycles. The van der Waals surface area contributed by atoms with E-state index < -0.39 is 5.97 Å². The topological polar surface area (TPSA) is 37.3 Å². The van der Waals surface area contributed by atoms with Crippen LogP contribution in [0.15, 0.2) is 12.2 Å². The van der Waals surface area contributed by atoms with Gasteiger partial charge in [0.15, 0.2) is 0 Å². The van der Waals surface area contributed by atoms with Crippen molar-refractivity contribution in [1.29, 1.82) is 0 Å². The first-order valence-corrected chi connectivity index (χ1v) is 8.64. The fourth-order valence-electron chi connectivity index (χ4n) is 2.33. The summed E-state index contributed by atoms with van der Waals surface area (Å²) in [6.07, 6.45) is 21.2. The van der Waals surface area contributed by atoms with Crippen molar-refractivity contribution in [2.24, 2.45) is 0 Å². The van der Waals surface area contributed by atoms with Crippen LogP contribution in [-0.2, 0) is 4.79 Å². The van der Waals surface area contributed by atoms with Gasteiger partial charge < -0.3 is 5.11 Å². The van der Waals surface area contributed by atoms with E-state index in [0.29, 0.717) is 6.42 Å². The number of allylic oxidation sites excluding steroid dienone is 2. The molecule has 21 heavy (non-hydrogen) atoms. The van der Waals surface area contributed by atoms with Gasteiger partial charge in [-0.05, 0) is 25.7 Å². The van der Waals surface area contributed by atoms with Gasteiger partial charge in [0.05, 0.1) is 0 Å². The molecule has 0 amide bonds. The number of hydrogen-bond acceptors (Lipinski definition) is 1. The van der Waals surface area contributed by atoms with Crippen molar-refractivity contribution < 1.29 is 9.90 Å². The Bertz CT molecular complexity index is 239.